The van der Waals surface area contributed by atoms with Crippen molar-refractivity contribution in [1.82, 2.24) is 0 Å². The maximum atomic E-state index is 13.4. The Morgan fingerprint density at radius 2 is 2.05 bits per heavy atom. The number of halogens is 2. The topological polar surface area (TPSA) is 69.4 Å². The molecule has 8 heteroatoms. The number of ketones is 1. The number of hydrogen-bond acceptors (Lipinski definition) is 5. The maximum Gasteiger partial charge on any atom is 0.323 e. The van der Waals surface area contributed by atoms with Gasteiger partial charge in [0.25, 0.3) is 5.06 Å². The molecule has 0 unspecified atom stereocenters. The summed E-state index contributed by atoms with van der Waals surface area (Å²) in [6.45, 7) is 1.25. The molecule has 2 rings (SSSR count). The van der Waals surface area contributed by atoms with Crippen molar-refractivity contribution >= 4 is 22.8 Å². The zero-order valence-corrected chi connectivity index (χ0v) is 10.9. The standard InChI is InChI=1S/C12H7F2NO4S/c1-6(16)11-5-9(15(17)18)12(20-11)19-10-3-2-7(13)4-8(10)14/h2-5H,1H3. The highest BCUT2D eigenvalue weighted by molar-refractivity contribution is 7.16. The molecule has 0 radical (unpaired) electrons. The van der Waals surface area contributed by atoms with E-state index < -0.39 is 22.2 Å². The molecule has 1 aromatic carbocycles. The highest BCUT2D eigenvalue weighted by Gasteiger charge is 2.23. The Labute approximate surface area is 115 Å². The van der Waals surface area contributed by atoms with Gasteiger partial charge in [0, 0.05) is 12.1 Å². The van der Waals surface area contributed by atoms with Gasteiger partial charge in [0.15, 0.2) is 17.3 Å². The number of Topliss-reactive ketones (excluding diaryl/α,β-unsaturated/α-hetero) is 1. The first-order valence-corrected chi connectivity index (χ1v) is 6.12. The summed E-state index contributed by atoms with van der Waals surface area (Å²) in [5.41, 5.74) is -0.441. The van der Waals surface area contributed by atoms with E-state index in [0.717, 1.165) is 29.5 Å². The summed E-state index contributed by atoms with van der Waals surface area (Å²) in [7, 11) is 0. The predicted molar refractivity (Wildman–Crippen MR) is 67.4 cm³/mol. The molecule has 1 aromatic heterocycles. The van der Waals surface area contributed by atoms with Crippen molar-refractivity contribution in [2.24, 2.45) is 0 Å². The molecule has 0 N–H and O–H groups in total. The van der Waals surface area contributed by atoms with E-state index in [0.29, 0.717) is 6.07 Å². The molecule has 0 saturated carbocycles. The van der Waals surface area contributed by atoms with Crippen LogP contribution in [-0.4, -0.2) is 10.7 Å². The molecule has 0 aliphatic heterocycles. The van der Waals surface area contributed by atoms with E-state index in [1.165, 1.54) is 6.92 Å². The number of rotatable bonds is 4. The zero-order chi connectivity index (χ0) is 14.9. The van der Waals surface area contributed by atoms with E-state index >= 15 is 0 Å². The van der Waals surface area contributed by atoms with Crippen LogP contribution in [0.2, 0.25) is 0 Å². The largest absolute Gasteiger partial charge is 0.437 e. The Kier molecular flexibility index (Phi) is 3.75. The average Bonchev–Trinajstić information content (AvgIpc) is 2.77. The monoisotopic (exact) mass is 299 g/mol. The van der Waals surface area contributed by atoms with Crippen molar-refractivity contribution in [2.75, 3.05) is 0 Å². The van der Waals surface area contributed by atoms with Crippen molar-refractivity contribution in [1.29, 1.82) is 0 Å². The van der Waals surface area contributed by atoms with Gasteiger partial charge in [-0.15, -0.1) is 0 Å². The fraction of sp³-hybridized carbons (Fsp3) is 0.0833. The first-order valence-electron chi connectivity index (χ1n) is 5.30. The number of carbonyl (C=O) groups is 1. The molecule has 0 atom stereocenters. The van der Waals surface area contributed by atoms with Crippen LogP contribution < -0.4 is 4.74 Å². The molecule has 0 aliphatic rings. The van der Waals surface area contributed by atoms with Gasteiger partial charge in [0.05, 0.1) is 9.80 Å². The van der Waals surface area contributed by atoms with E-state index in [2.05, 4.69) is 0 Å². The Balaban J connectivity index is 2.42. The van der Waals surface area contributed by atoms with E-state index in [1.54, 1.807) is 0 Å². The van der Waals surface area contributed by atoms with Gasteiger partial charge < -0.3 is 4.74 Å². The minimum atomic E-state index is -0.989. The number of thiophene rings is 1. The molecule has 5 nitrogen and oxygen atoms in total. The second kappa shape index (κ2) is 5.33. The third-order valence-electron chi connectivity index (χ3n) is 2.32. The molecular formula is C12H7F2NO4S. The molecule has 0 amide bonds. The van der Waals surface area contributed by atoms with Crippen LogP contribution in [0.1, 0.15) is 16.6 Å². The molecule has 0 aliphatic carbocycles. The quantitative estimate of drug-likeness (QED) is 0.487. The average molecular weight is 299 g/mol. The lowest BCUT2D eigenvalue weighted by Crippen LogP contribution is -1.91. The molecule has 0 spiro atoms. The summed E-state index contributed by atoms with van der Waals surface area (Å²) in [6, 6.07) is 3.63. The lowest BCUT2D eigenvalue weighted by atomic mass is 10.3. The van der Waals surface area contributed by atoms with Crippen molar-refractivity contribution in [3.05, 3.63) is 50.9 Å². The van der Waals surface area contributed by atoms with Gasteiger partial charge in [-0.3, -0.25) is 14.9 Å². The van der Waals surface area contributed by atoms with Crippen LogP contribution in [-0.2, 0) is 0 Å². The second-order valence-corrected chi connectivity index (χ2v) is 4.79. The van der Waals surface area contributed by atoms with Crippen LogP contribution in [0.25, 0.3) is 0 Å². The van der Waals surface area contributed by atoms with Gasteiger partial charge in [0.2, 0.25) is 0 Å². The Bertz CT molecular complexity index is 699. The highest BCUT2D eigenvalue weighted by atomic mass is 32.1. The number of nitrogens with zero attached hydrogens (tertiary/aromatic N) is 1. The van der Waals surface area contributed by atoms with Crippen LogP contribution in [0, 0.1) is 21.7 Å². The van der Waals surface area contributed by atoms with Crippen LogP contribution >= 0.6 is 11.3 Å². The Morgan fingerprint density at radius 3 is 2.60 bits per heavy atom. The van der Waals surface area contributed by atoms with Gasteiger partial charge in [-0.25, -0.2) is 8.78 Å². The number of ether oxygens (including phenoxy) is 1. The van der Waals surface area contributed by atoms with Gasteiger partial charge in [-0.2, -0.15) is 0 Å². The minimum Gasteiger partial charge on any atom is -0.437 e. The molecule has 0 fully saturated rings. The summed E-state index contributed by atoms with van der Waals surface area (Å²) in [6.07, 6.45) is 0. The first kappa shape index (κ1) is 14.1. The molecule has 2 aromatic rings. The third-order valence-corrected chi connectivity index (χ3v) is 3.42. The predicted octanol–water partition coefficient (Wildman–Crippen LogP) is 3.93. The van der Waals surface area contributed by atoms with E-state index in [1.807, 2.05) is 0 Å². The fourth-order valence-corrected chi connectivity index (χ4v) is 2.28. The van der Waals surface area contributed by atoms with Crippen LogP contribution in [0.4, 0.5) is 14.5 Å². The van der Waals surface area contributed by atoms with Crippen molar-refractivity contribution < 1.29 is 23.2 Å². The summed E-state index contributed by atoms with van der Waals surface area (Å²) < 4.78 is 31.3. The normalized spacial score (nSPS) is 10.3. The lowest BCUT2D eigenvalue weighted by molar-refractivity contribution is -0.385. The number of hydrogen-bond donors (Lipinski definition) is 0. The minimum absolute atomic E-state index is 0.120. The third kappa shape index (κ3) is 2.80. The van der Waals surface area contributed by atoms with Crippen molar-refractivity contribution in [3.8, 4) is 10.8 Å². The van der Waals surface area contributed by atoms with Gasteiger partial charge in [-0.1, -0.05) is 11.3 Å². The van der Waals surface area contributed by atoms with Crippen LogP contribution in [0.3, 0.4) is 0 Å². The summed E-state index contributed by atoms with van der Waals surface area (Å²) in [4.78, 5) is 21.4. The second-order valence-electron chi connectivity index (χ2n) is 3.77. The highest BCUT2D eigenvalue weighted by Crippen LogP contribution is 2.40. The number of benzene rings is 1. The molecular weight excluding hydrogens is 292 g/mol. The van der Waals surface area contributed by atoms with Crippen molar-refractivity contribution in [2.45, 2.75) is 6.92 Å². The zero-order valence-electron chi connectivity index (χ0n) is 10.1. The van der Waals surface area contributed by atoms with Crippen LogP contribution in [0.5, 0.6) is 10.8 Å². The molecule has 0 saturated heterocycles. The SMILES string of the molecule is CC(=O)c1cc([N+](=O)[O-])c(Oc2ccc(F)cc2F)s1. The first-order chi connectivity index (χ1) is 9.38. The van der Waals surface area contributed by atoms with Crippen molar-refractivity contribution in [3.63, 3.8) is 0 Å². The molecule has 1 heterocycles. The van der Waals surface area contributed by atoms with Gasteiger partial charge >= 0.3 is 5.69 Å². The van der Waals surface area contributed by atoms with E-state index in [-0.39, 0.29) is 21.5 Å². The summed E-state index contributed by atoms with van der Waals surface area (Å²) >= 11 is 0.730. The maximum absolute atomic E-state index is 13.4. The molecule has 0 bridgehead atoms. The summed E-state index contributed by atoms with van der Waals surface area (Å²) in [5, 5.41) is 10.6. The smallest absolute Gasteiger partial charge is 0.323 e. The fourth-order valence-electron chi connectivity index (χ4n) is 1.40. The van der Waals surface area contributed by atoms with E-state index in [9.17, 15) is 23.7 Å². The number of nitro groups is 1. The lowest BCUT2D eigenvalue weighted by Gasteiger charge is -2.03. The Hall–Kier alpha value is -2.35. The number of carbonyl (C=O) groups excluding carboxylic acids is 1. The van der Waals surface area contributed by atoms with Gasteiger partial charge in [-0.05, 0) is 19.1 Å². The van der Waals surface area contributed by atoms with E-state index in [4.69, 9.17) is 4.74 Å². The molecule has 104 valence electrons. The van der Waals surface area contributed by atoms with Gasteiger partial charge in [0.1, 0.15) is 5.82 Å². The summed E-state index contributed by atoms with van der Waals surface area (Å²) in [5.74, 6) is -2.50. The molecule has 20 heavy (non-hydrogen) atoms. The Morgan fingerprint density at radius 1 is 1.35 bits per heavy atom. The van der Waals surface area contributed by atoms with Crippen LogP contribution in [0.15, 0.2) is 24.3 Å².